The molecule has 0 aliphatic rings. The highest BCUT2D eigenvalue weighted by Crippen LogP contribution is 2.25. The molecule has 1 aromatic carbocycles. The van der Waals surface area contributed by atoms with Crippen molar-refractivity contribution in [1.29, 1.82) is 0 Å². The maximum Gasteiger partial charge on any atom is 0.337 e. The van der Waals surface area contributed by atoms with E-state index in [1.165, 1.54) is 13.2 Å². The summed E-state index contributed by atoms with van der Waals surface area (Å²) in [5.41, 5.74) is 0.157. The van der Waals surface area contributed by atoms with E-state index in [1.54, 1.807) is 32.0 Å². The molecule has 0 saturated heterocycles. The number of hydrogen-bond donors (Lipinski definition) is 2. The fraction of sp³-hybridized carbons (Fsp3) is 0.400. The van der Waals surface area contributed by atoms with Gasteiger partial charge in [0.25, 0.3) is 0 Å². The van der Waals surface area contributed by atoms with E-state index in [2.05, 4.69) is 10.1 Å². The van der Waals surface area contributed by atoms with Crippen molar-refractivity contribution in [2.45, 2.75) is 26.7 Å². The van der Waals surface area contributed by atoms with Crippen LogP contribution in [0.2, 0.25) is 0 Å². The summed E-state index contributed by atoms with van der Waals surface area (Å²) < 4.78 is 4.60. The number of methoxy groups -OCH3 is 1. The molecule has 0 saturated carbocycles. The second-order valence-electron chi connectivity index (χ2n) is 5.53. The summed E-state index contributed by atoms with van der Waals surface area (Å²) in [7, 11) is 1.28. The van der Waals surface area contributed by atoms with Gasteiger partial charge in [-0.2, -0.15) is 0 Å². The number of amides is 1. The van der Waals surface area contributed by atoms with Crippen molar-refractivity contribution in [3.63, 3.8) is 0 Å². The van der Waals surface area contributed by atoms with E-state index in [0.29, 0.717) is 11.3 Å². The zero-order chi connectivity index (χ0) is 16.0. The van der Waals surface area contributed by atoms with Gasteiger partial charge in [0, 0.05) is 12.1 Å². The molecule has 0 aliphatic carbocycles. The first-order chi connectivity index (χ1) is 9.73. The van der Waals surface area contributed by atoms with Crippen molar-refractivity contribution in [3.8, 4) is 0 Å². The lowest BCUT2D eigenvalue weighted by Crippen LogP contribution is -2.24. The summed E-state index contributed by atoms with van der Waals surface area (Å²) in [6, 6.07) is 6.36. The molecular weight excluding hydrogens is 274 g/mol. The summed E-state index contributed by atoms with van der Waals surface area (Å²) >= 11 is 0. The first-order valence-electron chi connectivity index (χ1n) is 6.43. The third kappa shape index (κ3) is 5.64. The van der Waals surface area contributed by atoms with Crippen LogP contribution in [0.15, 0.2) is 24.3 Å². The normalized spacial score (nSPS) is 10.8. The number of carbonyl (C=O) groups is 3. The molecule has 0 atom stereocenters. The third-order valence-corrected chi connectivity index (χ3v) is 2.84. The predicted octanol–water partition coefficient (Wildman–Crippen LogP) is 2.30. The lowest BCUT2D eigenvalue weighted by Gasteiger charge is -2.21. The number of aliphatic carboxylic acids is 1. The maximum absolute atomic E-state index is 11.9. The molecule has 6 heteroatoms. The highest BCUT2D eigenvalue weighted by Gasteiger charge is 2.25. The molecule has 0 aromatic heterocycles. The SMILES string of the molecule is COC(=O)c1cccc(NC(=O)CC(C)(C)CC(=O)O)c1. The molecular formula is C15H19NO5. The van der Waals surface area contributed by atoms with E-state index in [1.807, 2.05) is 0 Å². The van der Waals surface area contributed by atoms with Crippen molar-refractivity contribution < 1.29 is 24.2 Å². The van der Waals surface area contributed by atoms with Gasteiger partial charge in [-0.3, -0.25) is 9.59 Å². The zero-order valence-corrected chi connectivity index (χ0v) is 12.3. The minimum Gasteiger partial charge on any atom is -0.481 e. The Balaban J connectivity index is 2.71. The molecule has 0 unspecified atom stereocenters. The van der Waals surface area contributed by atoms with Crippen molar-refractivity contribution >= 4 is 23.5 Å². The molecule has 1 rings (SSSR count). The fourth-order valence-electron chi connectivity index (χ4n) is 1.95. The van der Waals surface area contributed by atoms with Crippen LogP contribution in [-0.4, -0.2) is 30.1 Å². The number of ether oxygens (including phenoxy) is 1. The molecule has 21 heavy (non-hydrogen) atoms. The van der Waals surface area contributed by atoms with E-state index in [0.717, 1.165) is 0 Å². The third-order valence-electron chi connectivity index (χ3n) is 2.84. The minimum absolute atomic E-state index is 0.0712. The number of carboxylic acid groups (broad SMARTS) is 1. The smallest absolute Gasteiger partial charge is 0.337 e. The first kappa shape index (κ1) is 16.7. The van der Waals surface area contributed by atoms with Crippen LogP contribution in [0.25, 0.3) is 0 Å². The van der Waals surface area contributed by atoms with E-state index >= 15 is 0 Å². The zero-order valence-electron chi connectivity index (χ0n) is 12.3. The van der Waals surface area contributed by atoms with E-state index in [-0.39, 0.29) is 18.7 Å². The summed E-state index contributed by atoms with van der Waals surface area (Å²) in [5, 5.41) is 11.4. The number of nitrogens with one attached hydrogen (secondary N) is 1. The van der Waals surface area contributed by atoms with Crippen molar-refractivity contribution in [3.05, 3.63) is 29.8 Å². The topological polar surface area (TPSA) is 92.7 Å². The largest absolute Gasteiger partial charge is 0.481 e. The minimum atomic E-state index is -0.944. The molecule has 0 bridgehead atoms. The standard InChI is InChI=1S/C15H19NO5/c1-15(2,9-13(18)19)8-12(17)16-11-6-4-5-10(7-11)14(20)21-3/h4-7H,8-9H2,1-3H3,(H,16,17)(H,18,19). The van der Waals surface area contributed by atoms with E-state index in [4.69, 9.17) is 5.11 Å². The van der Waals surface area contributed by atoms with Crippen LogP contribution in [0.1, 0.15) is 37.0 Å². The molecule has 6 nitrogen and oxygen atoms in total. The molecule has 0 spiro atoms. The fourth-order valence-corrected chi connectivity index (χ4v) is 1.95. The van der Waals surface area contributed by atoms with Gasteiger partial charge in [0.05, 0.1) is 19.1 Å². The van der Waals surface area contributed by atoms with Gasteiger partial charge in [-0.15, -0.1) is 0 Å². The van der Waals surface area contributed by atoms with Crippen LogP contribution in [0.3, 0.4) is 0 Å². The lowest BCUT2D eigenvalue weighted by molar-refractivity contribution is -0.139. The number of esters is 1. The van der Waals surface area contributed by atoms with Gasteiger partial charge in [-0.25, -0.2) is 4.79 Å². The Hall–Kier alpha value is -2.37. The summed E-state index contributed by atoms with van der Waals surface area (Å²) in [5.74, 6) is -1.74. The van der Waals surface area contributed by atoms with Gasteiger partial charge < -0.3 is 15.2 Å². The average Bonchev–Trinajstić information content (AvgIpc) is 2.35. The first-order valence-corrected chi connectivity index (χ1v) is 6.43. The molecule has 1 aromatic rings. The highest BCUT2D eigenvalue weighted by atomic mass is 16.5. The Bertz CT molecular complexity index is 551. The second kappa shape index (κ2) is 6.88. The second-order valence-corrected chi connectivity index (χ2v) is 5.53. The van der Waals surface area contributed by atoms with E-state index < -0.39 is 17.4 Å². The van der Waals surface area contributed by atoms with Crippen LogP contribution >= 0.6 is 0 Å². The van der Waals surface area contributed by atoms with Crippen LogP contribution in [0.5, 0.6) is 0 Å². The van der Waals surface area contributed by atoms with Crippen molar-refractivity contribution in [1.82, 2.24) is 0 Å². The van der Waals surface area contributed by atoms with Gasteiger partial charge in [0.2, 0.25) is 5.91 Å². The summed E-state index contributed by atoms with van der Waals surface area (Å²) in [4.78, 5) is 34.1. The van der Waals surface area contributed by atoms with Crippen LogP contribution in [-0.2, 0) is 14.3 Å². The molecule has 0 aliphatic heterocycles. The monoisotopic (exact) mass is 293 g/mol. The van der Waals surface area contributed by atoms with Crippen LogP contribution < -0.4 is 5.32 Å². The highest BCUT2D eigenvalue weighted by molar-refractivity contribution is 5.94. The van der Waals surface area contributed by atoms with Gasteiger partial charge in [-0.05, 0) is 23.6 Å². The predicted molar refractivity (Wildman–Crippen MR) is 77.1 cm³/mol. The number of carbonyl (C=O) groups excluding carboxylic acids is 2. The van der Waals surface area contributed by atoms with Gasteiger partial charge in [0.15, 0.2) is 0 Å². The molecule has 0 heterocycles. The number of carboxylic acids is 1. The number of benzene rings is 1. The Labute approximate surface area is 123 Å². The lowest BCUT2D eigenvalue weighted by atomic mass is 9.85. The van der Waals surface area contributed by atoms with Gasteiger partial charge in [0.1, 0.15) is 0 Å². The quantitative estimate of drug-likeness (QED) is 0.785. The molecule has 2 N–H and O–H groups in total. The number of anilines is 1. The van der Waals surface area contributed by atoms with Crippen molar-refractivity contribution in [2.24, 2.45) is 5.41 Å². The molecule has 0 radical (unpaired) electrons. The molecule has 1 amide bonds. The van der Waals surface area contributed by atoms with Gasteiger partial charge in [-0.1, -0.05) is 19.9 Å². The van der Waals surface area contributed by atoms with Gasteiger partial charge >= 0.3 is 11.9 Å². The summed E-state index contributed by atoms with van der Waals surface area (Å²) in [6.07, 6.45) is -0.0234. The Kier molecular flexibility index (Phi) is 5.46. The van der Waals surface area contributed by atoms with Crippen molar-refractivity contribution in [2.75, 3.05) is 12.4 Å². The average molecular weight is 293 g/mol. The van der Waals surface area contributed by atoms with Crippen LogP contribution in [0.4, 0.5) is 5.69 Å². The summed E-state index contributed by atoms with van der Waals surface area (Å²) in [6.45, 7) is 3.43. The van der Waals surface area contributed by atoms with E-state index in [9.17, 15) is 14.4 Å². The Morgan fingerprint density at radius 3 is 2.48 bits per heavy atom. The molecule has 114 valence electrons. The Morgan fingerprint density at radius 1 is 1.24 bits per heavy atom. The number of hydrogen-bond acceptors (Lipinski definition) is 4. The maximum atomic E-state index is 11.9. The number of rotatable bonds is 6. The molecule has 0 fully saturated rings. The Morgan fingerprint density at radius 2 is 1.90 bits per heavy atom. The van der Waals surface area contributed by atoms with Crippen LogP contribution in [0, 0.1) is 5.41 Å².